The smallest absolute Gasteiger partial charge is 0.276 e. The first-order chi connectivity index (χ1) is 12.0. The minimum Gasteiger partial charge on any atom is -0.493 e. The molecule has 0 atom stereocenters. The number of nitrogens with one attached hydrogen (secondary N) is 2. The molecule has 0 aliphatic heterocycles. The van der Waals surface area contributed by atoms with E-state index in [1.54, 1.807) is 24.3 Å². The largest absolute Gasteiger partial charge is 0.493 e. The van der Waals surface area contributed by atoms with Crippen molar-refractivity contribution < 1.29 is 14.3 Å². The number of anilines is 1. The minimum absolute atomic E-state index is 0.157. The molecule has 128 valence electrons. The molecule has 0 saturated heterocycles. The highest BCUT2D eigenvalue weighted by Gasteiger charge is 2.14. The molecule has 2 amide bonds. The molecular weight excluding hydrogens is 320 g/mol. The van der Waals surface area contributed by atoms with E-state index in [-0.39, 0.29) is 18.9 Å². The Morgan fingerprint density at radius 2 is 1.96 bits per heavy atom. The molecular formula is C18H18N4O3. The standard InChI is InChI=1S/C18H18N4O3/c1-11-2-7-15-14(10-11)17(22-21-15)18(24)20-12-3-5-13(6-4-12)25-9-8-16(19)23/h2-7,10H,8-9H2,1H3,(H2,19,23)(H,20,24)(H,21,22). The summed E-state index contributed by atoms with van der Waals surface area (Å²) >= 11 is 0. The van der Waals surface area contributed by atoms with E-state index in [0.29, 0.717) is 17.1 Å². The van der Waals surface area contributed by atoms with Crippen LogP contribution in [-0.4, -0.2) is 28.6 Å². The first kappa shape index (κ1) is 16.5. The first-order valence-electron chi connectivity index (χ1n) is 7.80. The van der Waals surface area contributed by atoms with E-state index in [1.165, 1.54) is 0 Å². The monoisotopic (exact) mass is 338 g/mol. The van der Waals surface area contributed by atoms with Crippen LogP contribution in [0.5, 0.6) is 5.75 Å². The molecule has 0 radical (unpaired) electrons. The summed E-state index contributed by atoms with van der Waals surface area (Å²) in [6.45, 7) is 2.19. The quantitative estimate of drug-likeness (QED) is 0.641. The fourth-order valence-electron chi connectivity index (χ4n) is 2.40. The Balaban J connectivity index is 1.68. The van der Waals surface area contributed by atoms with Crippen LogP contribution in [-0.2, 0) is 4.79 Å². The van der Waals surface area contributed by atoms with Crippen LogP contribution in [0.4, 0.5) is 5.69 Å². The number of hydrogen-bond acceptors (Lipinski definition) is 4. The fraction of sp³-hybridized carbons (Fsp3) is 0.167. The van der Waals surface area contributed by atoms with Crippen molar-refractivity contribution in [1.29, 1.82) is 0 Å². The van der Waals surface area contributed by atoms with Crippen LogP contribution < -0.4 is 15.8 Å². The van der Waals surface area contributed by atoms with Gasteiger partial charge in [0.1, 0.15) is 5.75 Å². The lowest BCUT2D eigenvalue weighted by Crippen LogP contribution is -2.14. The summed E-state index contributed by atoms with van der Waals surface area (Å²) in [5.74, 6) is -0.107. The predicted molar refractivity (Wildman–Crippen MR) is 94.5 cm³/mol. The number of carbonyl (C=O) groups is 2. The van der Waals surface area contributed by atoms with Crippen molar-refractivity contribution in [1.82, 2.24) is 10.2 Å². The van der Waals surface area contributed by atoms with Crippen LogP contribution in [0.1, 0.15) is 22.5 Å². The molecule has 4 N–H and O–H groups in total. The van der Waals surface area contributed by atoms with Gasteiger partial charge < -0.3 is 15.8 Å². The lowest BCUT2D eigenvalue weighted by atomic mass is 10.1. The van der Waals surface area contributed by atoms with Crippen LogP contribution in [0.15, 0.2) is 42.5 Å². The predicted octanol–water partition coefficient (Wildman–Crippen LogP) is 2.38. The third-order valence-electron chi connectivity index (χ3n) is 3.66. The molecule has 0 aliphatic rings. The van der Waals surface area contributed by atoms with Gasteiger partial charge >= 0.3 is 0 Å². The van der Waals surface area contributed by atoms with E-state index in [1.807, 2.05) is 25.1 Å². The van der Waals surface area contributed by atoms with Crippen molar-refractivity contribution in [2.75, 3.05) is 11.9 Å². The second kappa shape index (κ2) is 7.04. The van der Waals surface area contributed by atoms with Gasteiger partial charge in [-0.15, -0.1) is 0 Å². The van der Waals surface area contributed by atoms with E-state index in [9.17, 15) is 9.59 Å². The van der Waals surface area contributed by atoms with E-state index in [2.05, 4.69) is 15.5 Å². The van der Waals surface area contributed by atoms with Gasteiger partial charge in [0.05, 0.1) is 18.5 Å². The van der Waals surface area contributed by atoms with Gasteiger partial charge in [-0.25, -0.2) is 0 Å². The molecule has 1 aromatic heterocycles. The van der Waals surface area contributed by atoms with Crippen molar-refractivity contribution >= 4 is 28.4 Å². The van der Waals surface area contributed by atoms with Crippen LogP contribution >= 0.6 is 0 Å². The number of primary amides is 1. The number of H-pyrrole nitrogens is 1. The maximum absolute atomic E-state index is 12.5. The Kier molecular flexibility index (Phi) is 4.65. The van der Waals surface area contributed by atoms with Crippen LogP contribution in [0.2, 0.25) is 0 Å². The van der Waals surface area contributed by atoms with Gasteiger partial charge in [0.25, 0.3) is 5.91 Å². The maximum Gasteiger partial charge on any atom is 0.276 e. The Labute approximate surface area is 144 Å². The number of fused-ring (bicyclic) bond motifs is 1. The highest BCUT2D eigenvalue weighted by Crippen LogP contribution is 2.20. The molecule has 25 heavy (non-hydrogen) atoms. The van der Waals surface area contributed by atoms with Crippen molar-refractivity contribution in [2.45, 2.75) is 13.3 Å². The molecule has 3 aromatic rings. The second-order valence-electron chi connectivity index (χ2n) is 5.66. The van der Waals surface area contributed by atoms with Crippen molar-refractivity contribution in [3.63, 3.8) is 0 Å². The number of aryl methyl sites for hydroxylation is 1. The molecule has 7 heteroatoms. The maximum atomic E-state index is 12.5. The molecule has 3 rings (SSSR count). The zero-order valence-corrected chi connectivity index (χ0v) is 13.7. The molecule has 2 aromatic carbocycles. The highest BCUT2D eigenvalue weighted by atomic mass is 16.5. The van der Waals surface area contributed by atoms with Gasteiger partial charge in [0, 0.05) is 11.1 Å². The Morgan fingerprint density at radius 3 is 2.68 bits per heavy atom. The molecule has 0 bridgehead atoms. The van der Waals surface area contributed by atoms with Crippen LogP contribution in [0, 0.1) is 6.92 Å². The summed E-state index contributed by atoms with van der Waals surface area (Å²) in [7, 11) is 0. The molecule has 0 saturated carbocycles. The van der Waals surface area contributed by atoms with Gasteiger partial charge in [0.2, 0.25) is 5.91 Å². The van der Waals surface area contributed by atoms with Gasteiger partial charge in [-0.3, -0.25) is 14.7 Å². The fourth-order valence-corrected chi connectivity index (χ4v) is 2.40. The normalized spacial score (nSPS) is 10.6. The molecule has 0 spiro atoms. The lowest BCUT2D eigenvalue weighted by Gasteiger charge is -2.07. The number of carbonyl (C=O) groups excluding carboxylic acids is 2. The highest BCUT2D eigenvalue weighted by molar-refractivity contribution is 6.11. The summed E-state index contributed by atoms with van der Waals surface area (Å²) in [5.41, 5.74) is 7.89. The lowest BCUT2D eigenvalue weighted by molar-refractivity contribution is -0.118. The topological polar surface area (TPSA) is 110 Å². The third-order valence-corrected chi connectivity index (χ3v) is 3.66. The summed E-state index contributed by atoms with van der Waals surface area (Å²) in [6, 6.07) is 12.6. The number of rotatable bonds is 6. The summed E-state index contributed by atoms with van der Waals surface area (Å²) < 4.78 is 5.39. The van der Waals surface area contributed by atoms with Gasteiger partial charge in [-0.05, 0) is 43.3 Å². The Morgan fingerprint density at radius 1 is 1.20 bits per heavy atom. The Bertz CT molecular complexity index is 916. The number of hydrogen-bond donors (Lipinski definition) is 3. The number of aromatic amines is 1. The average Bonchev–Trinajstić information content (AvgIpc) is 2.99. The second-order valence-corrected chi connectivity index (χ2v) is 5.66. The molecule has 0 unspecified atom stereocenters. The number of benzene rings is 2. The molecule has 0 aliphatic carbocycles. The van der Waals surface area contributed by atoms with Crippen LogP contribution in [0.3, 0.4) is 0 Å². The van der Waals surface area contributed by atoms with Crippen molar-refractivity contribution in [2.24, 2.45) is 5.73 Å². The average molecular weight is 338 g/mol. The SMILES string of the molecule is Cc1ccc2[nH]nc(C(=O)Nc3ccc(OCCC(N)=O)cc3)c2c1. The number of amides is 2. The van der Waals surface area contributed by atoms with Crippen LogP contribution in [0.25, 0.3) is 10.9 Å². The zero-order chi connectivity index (χ0) is 17.8. The summed E-state index contributed by atoms with van der Waals surface area (Å²) in [4.78, 5) is 23.1. The summed E-state index contributed by atoms with van der Waals surface area (Å²) in [6.07, 6.45) is 0.157. The first-order valence-corrected chi connectivity index (χ1v) is 7.80. The minimum atomic E-state index is -0.412. The van der Waals surface area contributed by atoms with Crippen molar-refractivity contribution in [3.05, 3.63) is 53.7 Å². The summed E-state index contributed by atoms with van der Waals surface area (Å²) in [5, 5.41) is 10.5. The number of ether oxygens (including phenoxy) is 1. The van der Waals surface area contributed by atoms with E-state index in [4.69, 9.17) is 10.5 Å². The molecule has 1 heterocycles. The molecule has 0 fully saturated rings. The third kappa shape index (κ3) is 3.95. The number of aromatic nitrogens is 2. The van der Waals surface area contributed by atoms with Gasteiger partial charge in [-0.1, -0.05) is 11.6 Å². The van der Waals surface area contributed by atoms with Gasteiger partial charge in [-0.2, -0.15) is 5.10 Å². The molecule has 7 nitrogen and oxygen atoms in total. The number of nitrogens with two attached hydrogens (primary N) is 1. The zero-order valence-electron chi connectivity index (χ0n) is 13.7. The van der Waals surface area contributed by atoms with Crippen molar-refractivity contribution in [3.8, 4) is 5.75 Å². The van der Waals surface area contributed by atoms with E-state index >= 15 is 0 Å². The number of nitrogens with zero attached hydrogens (tertiary/aromatic N) is 1. The Hall–Kier alpha value is -3.35. The van der Waals surface area contributed by atoms with E-state index in [0.717, 1.165) is 16.5 Å². The van der Waals surface area contributed by atoms with E-state index < -0.39 is 5.91 Å². The van der Waals surface area contributed by atoms with Gasteiger partial charge in [0.15, 0.2) is 5.69 Å².